The molecule has 2 nitrogen and oxygen atoms in total. The third-order valence-electron chi connectivity index (χ3n) is 4.64. The average Bonchev–Trinajstić information content (AvgIpc) is 3.22. The summed E-state index contributed by atoms with van der Waals surface area (Å²) in [7, 11) is 0. The molecule has 3 rings (SSSR count). The lowest BCUT2D eigenvalue weighted by Gasteiger charge is -2.09. The number of benzene rings is 2. The first-order valence-corrected chi connectivity index (χ1v) is 10.1. The van der Waals surface area contributed by atoms with E-state index in [0.29, 0.717) is 12.2 Å². The van der Waals surface area contributed by atoms with Gasteiger partial charge in [-0.05, 0) is 95.6 Å². The molecule has 0 aliphatic carbocycles. The molecule has 0 unspecified atom stereocenters. The monoisotopic (exact) mass is 376 g/mol. The van der Waals surface area contributed by atoms with Crippen molar-refractivity contribution in [3.8, 4) is 5.75 Å². The SMILES string of the molecule is Cc1ccc(C=C(CCCOc2ccc(C=O)cc2)c2ccsc2)cc1C. The fraction of sp³-hybridized carbons (Fsp3) is 0.208. The van der Waals surface area contributed by atoms with Crippen LogP contribution < -0.4 is 4.74 Å². The number of rotatable bonds is 8. The third-order valence-corrected chi connectivity index (χ3v) is 5.32. The predicted octanol–water partition coefficient (Wildman–Crippen LogP) is 6.58. The number of aldehydes is 1. The molecule has 0 N–H and O–H groups in total. The first kappa shape index (κ1) is 19.1. The Balaban J connectivity index is 1.64. The maximum Gasteiger partial charge on any atom is 0.150 e. The third kappa shape index (κ3) is 5.41. The summed E-state index contributed by atoms with van der Waals surface area (Å²) in [6.45, 7) is 4.94. The second-order valence-electron chi connectivity index (χ2n) is 6.66. The molecule has 3 aromatic rings. The molecular weight excluding hydrogens is 352 g/mol. The zero-order valence-electron chi connectivity index (χ0n) is 15.8. The molecule has 0 aliphatic heterocycles. The fourth-order valence-corrected chi connectivity index (χ4v) is 3.58. The Morgan fingerprint density at radius 3 is 2.44 bits per heavy atom. The smallest absolute Gasteiger partial charge is 0.150 e. The van der Waals surface area contributed by atoms with Crippen LogP contribution in [0.5, 0.6) is 5.75 Å². The number of ether oxygens (including phenoxy) is 1. The molecule has 1 heterocycles. The van der Waals surface area contributed by atoms with Crippen molar-refractivity contribution >= 4 is 29.3 Å². The summed E-state index contributed by atoms with van der Waals surface area (Å²) < 4.78 is 5.82. The van der Waals surface area contributed by atoms with Gasteiger partial charge in [0.2, 0.25) is 0 Å². The van der Waals surface area contributed by atoms with Crippen molar-refractivity contribution in [2.24, 2.45) is 0 Å². The molecule has 0 radical (unpaired) electrons. The van der Waals surface area contributed by atoms with Crippen molar-refractivity contribution in [1.82, 2.24) is 0 Å². The maximum atomic E-state index is 10.7. The number of thiophene rings is 1. The Labute approximate surface area is 165 Å². The topological polar surface area (TPSA) is 26.3 Å². The van der Waals surface area contributed by atoms with Gasteiger partial charge in [-0.1, -0.05) is 24.3 Å². The van der Waals surface area contributed by atoms with Gasteiger partial charge in [0, 0.05) is 5.56 Å². The lowest BCUT2D eigenvalue weighted by molar-refractivity contribution is 0.112. The summed E-state index contributed by atoms with van der Waals surface area (Å²) in [5.74, 6) is 0.802. The van der Waals surface area contributed by atoms with Gasteiger partial charge in [0.25, 0.3) is 0 Å². The van der Waals surface area contributed by atoms with E-state index in [1.165, 1.54) is 27.8 Å². The molecule has 0 aliphatic rings. The highest BCUT2D eigenvalue weighted by atomic mass is 32.1. The van der Waals surface area contributed by atoms with E-state index in [9.17, 15) is 4.79 Å². The van der Waals surface area contributed by atoms with Crippen LogP contribution in [0.3, 0.4) is 0 Å². The molecule has 27 heavy (non-hydrogen) atoms. The van der Waals surface area contributed by atoms with Crippen molar-refractivity contribution in [3.05, 3.63) is 87.1 Å². The normalized spacial score (nSPS) is 11.4. The van der Waals surface area contributed by atoms with Crippen LogP contribution in [-0.2, 0) is 0 Å². The highest BCUT2D eigenvalue weighted by Gasteiger charge is 2.05. The van der Waals surface area contributed by atoms with Gasteiger partial charge in [0.15, 0.2) is 0 Å². The molecule has 0 spiro atoms. The lowest BCUT2D eigenvalue weighted by atomic mass is 9.99. The van der Waals surface area contributed by atoms with E-state index < -0.39 is 0 Å². The van der Waals surface area contributed by atoms with Gasteiger partial charge in [-0.3, -0.25) is 4.79 Å². The van der Waals surface area contributed by atoms with E-state index in [2.05, 4.69) is 54.9 Å². The number of carbonyl (C=O) groups is 1. The Kier molecular flexibility index (Phi) is 6.61. The van der Waals surface area contributed by atoms with E-state index in [-0.39, 0.29) is 0 Å². The number of aryl methyl sites for hydroxylation is 2. The van der Waals surface area contributed by atoms with E-state index >= 15 is 0 Å². The molecule has 0 atom stereocenters. The van der Waals surface area contributed by atoms with E-state index in [1.807, 2.05) is 12.1 Å². The predicted molar refractivity (Wildman–Crippen MR) is 115 cm³/mol. The van der Waals surface area contributed by atoms with Crippen LogP contribution in [0.15, 0.2) is 59.3 Å². The fourth-order valence-electron chi connectivity index (χ4n) is 2.90. The molecule has 0 bridgehead atoms. The van der Waals surface area contributed by atoms with E-state index in [4.69, 9.17) is 4.74 Å². The summed E-state index contributed by atoms with van der Waals surface area (Å²) in [6.07, 6.45) is 5.01. The standard InChI is InChI=1S/C24H24O2S/c1-18-5-6-21(14-19(18)2)15-22(23-11-13-27-17-23)4-3-12-26-24-9-7-20(16-25)8-10-24/h5-11,13-17H,3-4,12H2,1-2H3. The molecule has 0 amide bonds. The Bertz CT molecular complexity index is 906. The van der Waals surface area contributed by atoms with E-state index in [0.717, 1.165) is 24.9 Å². The maximum absolute atomic E-state index is 10.7. The second-order valence-corrected chi connectivity index (χ2v) is 7.44. The minimum absolute atomic E-state index is 0.648. The average molecular weight is 377 g/mol. The zero-order valence-corrected chi connectivity index (χ0v) is 16.6. The van der Waals surface area contributed by atoms with Gasteiger partial charge in [-0.15, -0.1) is 0 Å². The van der Waals surface area contributed by atoms with Gasteiger partial charge in [-0.2, -0.15) is 11.3 Å². The summed E-state index contributed by atoms with van der Waals surface area (Å²) in [4.78, 5) is 10.7. The summed E-state index contributed by atoms with van der Waals surface area (Å²) in [5, 5.41) is 4.32. The van der Waals surface area contributed by atoms with E-state index in [1.54, 1.807) is 23.5 Å². The van der Waals surface area contributed by atoms with Crippen LogP contribution in [0, 0.1) is 13.8 Å². The molecule has 0 fully saturated rings. The summed E-state index contributed by atoms with van der Waals surface area (Å²) >= 11 is 1.72. The van der Waals surface area contributed by atoms with Crippen molar-refractivity contribution in [3.63, 3.8) is 0 Å². The minimum atomic E-state index is 0.648. The molecule has 0 saturated carbocycles. The van der Waals surface area contributed by atoms with Gasteiger partial charge >= 0.3 is 0 Å². The van der Waals surface area contributed by atoms with Crippen LogP contribution >= 0.6 is 11.3 Å². The van der Waals surface area contributed by atoms with Crippen LogP contribution in [-0.4, -0.2) is 12.9 Å². The first-order chi connectivity index (χ1) is 13.2. The highest BCUT2D eigenvalue weighted by Crippen LogP contribution is 2.26. The largest absolute Gasteiger partial charge is 0.494 e. The quantitative estimate of drug-likeness (QED) is 0.328. The first-order valence-electron chi connectivity index (χ1n) is 9.14. The van der Waals surface area contributed by atoms with Gasteiger partial charge < -0.3 is 4.74 Å². The van der Waals surface area contributed by atoms with Crippen molar-refractivity contribution in [1.29, 1.82) is 0 Å². The molecule has 138 valence electrons. The van der Waals surface area contributed by atoms with Crippen molar-refractivity contribution in [2.75, 3.05) is 6.61 Å². The zero-order chi connectivity index (χ0) is 19.1. The Morgan fingerprint density at radius 1 is 1.00 bits per heavy atom. The molecule has 0 saturated heterocycles. The van der Waals surface area contributed by atoms with Gasteiger partial charge in [-0.25, -0.2) is 0 Å². The van der Waals surface area contributed by atoms with Crippen LogP contribution in [0.25, 0.3) is 11.6 Å². The Morgan fingerprint density at radius 2 is 1.78 bits per heavy atom. The van der Waals surface area contributed by atoms with Crippen LogP contribution in [0.2, 0.25) is 0 Å². The van der Waals surface area contributed by atoms with Crippen LogP contribution in [0.1, 0.15) is 45.5 Å². The number of hydrogen-bond donors (Lipinski definition) is 0. The molecule has 2 aromatic carbocycles. The molecule has 3 heteroatoms. The minimum Gasteiger partial charge on any atom is -0.494 e. The highest BCUT2D eigenvalue weighted by molar-refractivity contribution is 7.08. The second kappa shape index (κ2) is 9.33. The van der Waals surface area contributed by atoms with Gasteiger partial charge in [0.1, 0.15) is 12.0 Å². The van der Waals surface area contributed by atoms with Crippen LogP contribution in [0.4, 0.5) is 0 Å². The summed E-state index contributed by atoms with van der Waals surface area (Å²) in [6, 6.07) is 16.0. The number of hydrogen-bond acceptors (Lipinski definition) is 3. The molecular formula is C24H24O2S. The molecule has 1 aromatic heterocycles. The lowest BCUT2D eigenvalue weighted by Crippen LogP contribution is -1.98. The summed E-state index contributed by atoms with van der Waals surface area (Å²) in [5.41, 5.74) is 7.16. The Hall–Kier alpha value is -2.65. The van der Waals surface area contributed by atoms with Crippen molar-refractivity contribution < 1.29 is 9.53 Å². The van der Waals surface area contributed by atoms with Gasteiger partial charge in [0.05, 0.1) is 6.61 Å². The number of carbonyl (C=O) groups excluding carboxylic acids is 1. The van der Waals surface area contributed by atoms with Crippen molar-refractivity contribution in [2.45, 2.75) is 26.7 Å². The number of allylic oxidation sites excluding steroid dienone is 1.